The molecule has 0 bridgehead atoms. The molecule has 0 radical (unpaired) electrons. The van der Waals surface area contributed by atoms with Crippen LogP contribution in [0.5, 0.6) is 5.75 Å². The molecule has 0 unspecified atom stereocenters. The van der Waals surface area contributed by atoms with Gasteiger partial charge < -0.3 is 15.3 Å². The van der Waals surface area contributed by atoms with Gasteiger partial charge in [0.1, 0.15) is 11.6 Å². The van der Waals surface area contributed by atoms with E-state index < -0.39 is 0 Å². The molecule has 122 valence electrons. The molecule has 24 heavy (non-hydrogen) atoms. The minimum absolute atomic E-state index is 0.0511. The van der Waals surface area contributed by atoms with Crippen molar-refractivity contribution in [2.75, 3.05) is 23.3 Å². The molecule has 0 atom stereocenters. The third-order valence-corrected chi connectivity index (χ3v) is 5.10. The van der Waals surface area contributed by atoms with Crippen LogP contribution in [-0.4, -0.2) is 29.1 Å². The SMILES string of the molecule is O=C(Nc1ccccc1O)C1CN(c2nc3ccc(F)cc3s2)C1. The standard InChI is InChI=1S/C17H14FN3O2S/c18-11-5-6-13-15(7-11)24-17(20-13)21-8-10(9-21)16(23)19-12-3-1-2-4-14(12)22/h1-7,10,22H,8-9H2,(H,19,23). The molecule has 1 fully saturated rings. The van der Waals surface area contributed by atoms with Crippen LogP contribution in [0.1, 0.15) is 0 Å². The van der Waals surface area contributed by atoms with Gasteiger partial charge in [0.15, 0.2) is 5.13 Å². The number of para-hydroxylation sites is 2. The van der Waals surface area contributed by atoms with Gasteiger partial charge in [0.25, 0.3) is 0 Å². The normalized spacial score (nSPS) is 14.6. The van der Waals surface area contributed by atoms with Crippen molar-refractivity contribution < 1.29 is 14.3 Å². The zero-order valence-corrected chi connectivity index (χ0v) is 13.4. The van der Waals surface area contributed by atoms with Crippen molar-refractivity contribution in [3.63, 3.8) is 0 Å². The van der Waals surface area contributed by atoms with Crippen molar-refractivity contribution >= 4 is 38.3 Å². The maximum Gasteiger partial charge on any atom is 0.231 e. The van der Waals surface area contributed by atoms with Crippen molar-refractivity contribution in [3.05, 3.63) is 48.3 Å². The number of halogens is 1. The second-order valence-electron chi connectivity index (χ2n) is 5.72. The Hall–Kier alpha value is -2.67. The van der Waals surface area contributed by atoms with Crippen LogP contribution in [0.15, 0.2) is 42.5 Å². The monoisotopic (exact) mass is 343 g/mol. The Morgan fingerprint density at radius 1 is 1.29 bits per heavy atom. The Morgan fingerprint density at radius 2 is 2.08 bits per heavy atom. The van der Waals surface area contributed by atoms with Gasteiger partial charge in [0.05, 0.1) is 21.8 Å². The summed E-state index contributed by atoms with van der Waals surface area (Å²) >= 11 is 1.42. The number of rotatable bonds is 3. The van der Waals surface area contributed by atoms with Crippen LogP contribution in [0.4, 0.5) is 15.2 Å². The molecule has 5 nitrogen and oxygen atoms in total. The van der Waals surface area contributed by atoms with Crippen LogP contribution in [0.2, 0.25) is 0 Å². The number of fused-ring (bicyclic) bond motifs is 1. The van der Waals surface area contributed by atoms with Gasteiger partial charge in [-0.2, -0.15) is 0 Å². The summed E-state index contributed by atoms with van der Waals surface area (Å²) in [6.07, 6.45) is 0. The number of amides is 1. The van der Waals surface area contributed by atoms with Crippen LogP contribution in [0, 0.1) is 11.7 Å². The molecule has 0 spiro atoms. The topological polar surface area (TPSA) is 65.5 Å². The van der Waals surface area contributed by atoms with Crippen LogP contribution in [-0.2, 0) is 4.79 Å². The number of aromatic nitrogens is 1. The maximum atomic E-state index is 13.2. The zero-order valence-electron chi connectivity index (χ0n) is 12.6. The summed E-state index contributed by atoms with van der Waals surface area (Å²) in [5.41, 5.74) is 1.18. The fraction of sp³-hybridized carbons (Fsp3) is 0.176. The second kappa shape index (κ2) is 5.76. The molecule has 3 aromatic rings. The third-order valence-electron chi connectivity index (χ3n) is 4.02. The van der Waals surface area contributed by atoms with E-state index in [0.717, 1.165) is 15.3 Å². The summed E-state index contributed by atoms with van der Waals surface area (Å²) in [5.74, 6) is -0.510. The molecule has 0 aliphatic carbocycles. The highest BCUT2D eigenvalue weighted by atomic mass is 32.1. The number of thiazole rings is 1. The Balaban J connectivity index is 1.42. The average Bonchev–Trinajstić information content (AvgIpc) is 2.90. The molecule has 2 N–H and O–H groups in total. The van der Waals surface area contributed by atoms with E-state index in [1.807, 2.05) is 4.90 Å². The lowest BCUT2D eigenvalue weighted by atomic mass is 10.00. The van der Waals surface area contributed by atoms with Gasteiger partial charge in [-0.05, 0) is 30.3 Å². The molecule has 4 rings (SSSR count). The summed E-state index contributed by atoms with van der Waals surface area (Å²) in [6.45, 7) is 1.11. The number of benzene rings is 2. The Bertz CT molecular complexity index is 921. The smallest absolute Gasteiger partial charge is 0.231 e. The van der Waals surface area contributed by atoms with Gasteiger partial charge in [-0.15, -0.1) is 0 Å². The molecular weight excluding hydrogens is 329 g/mol. The fourth-order valence-corrected chi connectivity index (χ4v) is 3.64. The Labute approximate surface area is 141 Å². The molecule has 2 aromatic carbocycles. The van der Waals surface area contributed by atoms with Crippen molar-refractivity contribution in [3.8, 4) is 5.75 Å². The van der Waals surface area contributed by atoms with Gasteiger partial charge in [-0.3, -0.25) is 4.79 Å². The van der Waals surface area contributed by atoms with E-state index >= 15 is 0 Å². The van der Waals surface area contributed by atoms with Crippen LogP contribution in [0.25, 0.3) is 10.2 Å². The summed E-state index contributed by atoms with van der Waals surface area (Å²) < 4.78 is 14.0. The van der Waals surface area contributed by atoms with E-state index in [-0.39, 0.29) is 23.4 Å². The highest BCUT2D eigenvalue weighted by molar-refractivity contribution is 7.22. The summed E-state index contributed by atoms with van der Waals surface area (Å²) in [4.78, 5) is 18.7. The van der Waals surface area contributed by atoms with Gasteiger partial charge in [0, 0.05) is 13.1 Å². The molecule has 0 saturated carbocycles. The van der Waals surface area contributed by atoms with E-state index in [4.69, 9.17) is 0 Å². The fourth-order valence-electron chi connectivity index (χ4n) is 2.64. The van der Waals surface area contributed by atoms with E-state index in [9.17, 15) is 14.3 Å². The summed E-state index contributed by atoms with van der Waals surface area (Å²) in [5, 5.41) is 13.2. The van der Waals surface area contributed by atoms with E-state index in [2.05, 4.69) is 10.3 Å². The number of hydrogen-bond donors (Lipinski definition) is 2. The highest BCUT2D eigenvalue weighted by Crippen LogP contribution is 2.34. The van der Waals surface area contributed by atoms with Gasteiger partial charge in [-0.25, -0.2) is 9.37 Å². The van der Waals surface area contributed by atoms with Crippen molar-refractivity contribution in [1.82, 2.24) is 4.98 Å². The van der Waals surface area contributed by atoms with Crippen LogP contribution < -0.4 is 10.2 Å². The zero-order chi connectivity index (χ0) is 16.7. The molecule has 7 heteroatoms. The average molecular weight is 343 g/mol. The third kappa shape index (κ3) is 2.67. The van der Waals surface area contributed by atoms with E-state index in [1.54, 1.807) is 24.3 Å². The summed E-state index contributed by atoms with van der Waals surface area (Å²) in [7, 11) is 0. The number of hydrogen-bond acceptors (Lipinski definition) is 5. The molecule has 1 aliphatic rings. The van der Waals surface area contributed by atoms with E-state index in [0.29, 0.717) is 18.8 Å². The molecule has 1 amide bonds. The van der Waals surface area contributed by atoms with Crippen LogP contribution >= 0.6 is 11.3 Å². The van der Waals surface area contributed by atoms with Gasteiger partial charge in [0.2, 0.25) is 5.91 Å². The number of phenolic OH excluding ortho intramolecular Hbond substituents is 1. The van der Waals surface area contributed by atoms with E-state index in [1.165, 1.54) is 29.5 Å². The second-order valence-corrected chi connectivity index (χ2v) is 6.73. The molecule has 1 saturated heterocycles. The lowest BCUT2D eigenvalue weighted by Gasteiger charge is -2.37. The molecule has 1 aliphatic heterocycles. The first-order valence-electron chi connectivity index (χ1n) is 7.50. The minimum atomic E-state index is -0.277. The number of carbonyl (C=O) groups is 1. The number of aromatic hydroxyl groups is 1. The van der Waals surface area contributed by atoms with Crippen molar-refractivity contribution in [1.29, 1.82) is 0 Å². The number of phenols is 1. The lowest BCUT2D eigenvalue weighted by molar-refractivity contribution is -0.120. The quantitative estimate of drug-likeness (QED) is 0.717. The minimum Gasteiger partial charge on any atom is -0.506 e. The van der Waals surface area contributed by atoms with Gasteiger partial charge >= 0.3 is 0 Å². The molecule has 1 aromatic heterocycles. The van der Waals surface area contributed by atoms with Crippen molar-refractivity contribution in [2.45, 2.75) is 0 Å². The molecular formula is C17H14FN3O2S. The largest absolute Gasteiger partial charge is 0.506 e. The highest BCUT2D eigenvalue weighted by Gasteiger charge is 2.34. The predicted molar refractivity (Wildman–Crippen MR) is 92.0 cm³/mol. The van der Waals surface area contributed by atoms with Crippen molar-refractivity contribution in [2.24, 2.45) is 5.92 Å². The lowest BCUT2D eigenvalue weighted by Crippen LogP contribution is -2.52. The Morgan fingerprint density at radius 3 is 2.88 bits per heavy atom. The Kier molecular flexibility index (Phi) is 3.57. The first kappa shape index (κ1) is 14.9. The summed E-state index contributed by atoms with van der Waals surface area (Å²) in [6, 6.07) is 11.2. The number of nitrogens with one attached hydrogen (secondary N) is 1. The first-order chi connectivity index (χ1) is 11.6. The first-order valence-corrected chi connectivity index (χ1v) is 8.32. The number of carbonyl (C=O) groups excluding carboxylic acids is 1. The number of nitrogens with zero attached hydrogens (tertiary/aromatic N) is 2. The molecule has 2 heterocycles. The number of anilines is 2. The predicted octanol–water partition coefficient (Wildman–Crippen LogP) is 3.22. The maximum absolute atomic E-state index is 13.2. The van der Waals surface area contributed by atoms with Gasteiger partial charge in [-0.1, -0.05) is 23.5 Å². The van der Waals surface area contributed by atoms with Crippen LogP contribution in [0.3, 0.4) is 0 Å².